The Hall–Kier alpha value is -1.67. The van der Waals surface area contributed by atoms with E-state index in [1.165, 1.54) is 9.78 Å². The summed E-state index contributed by atoms with van der Waals surface area (Å²) in [4.78, 5) is 2.83. The summed E-state index contributed by atoms with van der Waals surface area (Å²) >= 11 is 12.8. The monoisotopic (exact) mass is 382 g/mol. The number of rotatable bonds is 6. The van der Waals surface area contributed by atoms with Crippen LogP contribution < -0.4 is 9.64 Å². The van der Waals surface area contributed by atoms with Crippen LogP contribution in [0.2, 0.25) is 4.34 Å². The standard InChI is InChI=1S/C16H16ClN3O2S2/c1-19(9-13-7-8-14(17)24-13)10-20-16(23)22-15(18-20)11-3-5-12(21-2)6-4-11/h3-8H,9-10H2,1-2H3/p+1. The number of benzene rings is 1. The van der Waals surface area contributed by atoms with Gasteiger partial charge in [0.25, 0.3) is 4.84 Å². The lowest BCUT2D eigenvalue weighted by molar-refractivity contribution is -0.917. The van der Waals surface area contributed by atoms with Crippen LogP contribution in [0.1, 0.15) is 4.88 Å². The summed E-state index contributed by atoms with van der Waals surface area (Å²) in [6, 6.07) is 11.5. The van der Waals surface area contributed by atoms with E-state index in [1.54, 1.807) is 23.1 Å². The molecule has 126 valence electrons. The second-order valence-electron chi connectivity index (χ2n) is 5.40. The minimum atomic E-state index is 0.365. The number of halogens is 1. The molecule has 1 N–H and O–H groups in total. The van der Waals surface area contributed by atoms with Gasteiger partial charge in [0, 0.05) is 5.56 Å². The molecule has 0 spiro atoms. The summed E-state index contributed by atoms with van der Waals surface area (Å²) < 4.78 is 13.3. The number of hydrogen-bond donors (Lipinski definition) is 1. The Morgan fingerprint density at radius 1 is 1.29 bits per heavy atom. The third-order valence-electron chi connectivity index (χ3n) is 3.47. The van der Waals surface area contributed by atoms with E-state index in [9.17, 15) is 0 Å². The Morgan fingerprint density at radius 2 is 2.04 bits per heavy atom. The maximum atomic E-state index is 5.97. The van der Waals surface area contributed by atoms with E-state index in [-0.39, 0.29) is 0 Å². The molecule has 5 nitrogen and oxygen atoms in total. The van der Waals surface area contributed by atoms with Crippen molar-refractivity contribution in [3.8, 4) is 17.2 Å². The summed E-state index contributed by atoms with van der Waals surface area (Å²) in [6.07, 6.45) is 0. The molecule has 0 fully saturated rings. The molecule has 0 aliphatic heterocycles. The van der Waals surface area contributed by atoms with Crippen LogP contribution in [-0.2, 0) is 13.2 Å². The Morgan fingerprint density at radius 3 is 2.67 bits per heavy atom. The number of nitrogens with one attached hydrogen (secondary N) is 1. The zero-order valence-electron chi connectivity index (χ0n) is 13.3. The largest absolute Gasteiger partial charge is 0.497 e. The molecule has 3 rings (SSSR count). The maximum Gasteiger partial charge on any atom is 0.292 e. The fourth-order valence-corrected chi connectivity index (χ4v) is 3.70. The molecule has 24 heavy (non-hydrogen) atoms. The van der Waals surface area contributed by atoms with Gasteiger partial charge < -0.3 is 14.1 Å². The summed E-state index contributed by atoms with van der Waals surface area (Å²) in [5.41, 5.74) is 0.864. The summed E-state index contributed by atoms with van der Waals surface area (Å²) in [5.74, 6) is 1.30. The van der Waals surface area contributed by atoms with E-state index in [1.807, 2.05) is 36.4 Å². The normalized spacial score (nSPS) is 12.3. The van der Waals surface area contributed by atoms with Crippen molar-refractivity contribution in [1.82, 2.24) is 9.78 Å². The van der Waals surface area contributed by atoms with Crippen LogP contribution in [0.5, 0.6) is 5.75 Å². The molecule has 1 atom stereocenters. The van der Waals surface area contributed by atoms with E-state index in [4.69, 9.17) is 33.0 Å². The molecular weight excluding hydrogens is 366 g/mol. The van der Waals surface area contributed by atoms with E-state index in [0.29, 0.717) is 17.4 Å². The predicted octanol–water partition coefficient (Wildman–Crippen LogP) is 3.27. The maximum absolute atomic E-state index is 5.97. The lowest BCUT2D eigenvalue weighted by atomic mass is 10.2. The van der Waals surface area contributed by atoms with Gasteiger partial charge in [-0.1, -0.05) is 11.6 Å². The fourth-order valence-electron chi connectivity index (χ4n) is 2.31. The predicted molar refractivity (Wildman–Crippen MR) is 97.2 cm³/mol. The van der Waals surface area contributed by atoms with Crippen molar-refractivity contribution in [3.63, 3.8) is 0 Å². The van der Waals surface area contributed by atoms with Gasteiger partial charge in [0.05, 0.1) is 23.4 Å². The van der Waals surface area contributed by atoms with Crippen LogP contribution in [0.15, 0.2) is 40.8 Å². The molecule has 0 bridgehead atoms. The number of nitrogens with zero attached hydrogens (tertiary/aromatic N) is 2. The molecule has 0 aliphatic carbocycles. The van der Waals surface area contributed by atoms with Crippen LogP contribution in [0, 0.1) is 4.84 Å². The van der Waals surface area contributed by atoms with Gasteiger partial charge in [0.15, 0.2) is 6.67 Å². The number of thiophene rings is 1. The van der Waals surface area contributed by atoms with Gasteiger partial charge in [-0.15, -0.1) is 16.4 Å². The molecule has 2 aromatic heterocycles. The number of hydrogen-bond acceptors (Lipinski definition) is 5. The first-order valence-corrected chi connectivity index (χ1v) is 8.93. The van der Waals surface area contributed by atoms with Crippen LogP contribution in [-0.4, -0.2) is 23.9 Å². The van der Waals surface area contributed by atoms with Crippen molar-refractivity contribution in [2.24, 2.45) is 0 Å². The highest BCUT2D eigenvalue weighted by molar-refractivity contribution is 7.71. The molecule has 1 aromatic carbocycles. The van der Waals surface area contributed by atoms with Gasteiger partial charge in [-0.25, -0.2) is 0 Å². The van der Waals surface area contributed by atoms with Crippen molar-refractivity contribution in [2.45, 2.75) is 13.2 Å². The smallest absolute Gasteiger partial charge is 0.292 e. The Labute approximate surface area is 154 Å². The average molecular weight is 383 g/mol. The van der Waals surface area contributed by atoms with Gasteiger partial charge in [-0.3, -0.25) is 0 Å². The van der Waals surface area contributed by atoms with Crippen molar-refractivity contribution >= 4 is 35.2 Å². The van der Waals surface area contributed by atoms with Crippen molar-refractivity contribution in [2.75, 3.05) is 14.2 Å². The molecule has 0 saturated carbocycles. The van der Waals surface area contributed by atoms with Gasteiger partial charge in [0.1, 0.15) is 12.3 Å². The molecule has 8 heteroatoms. The Bertz CT molecular complexity index is 870. The fraction of sp³-hybridized carbons (Fsp3) is 0.250. The average Bonchev–Trinajstić information content (AvgIpc) is 3.13. The van der Waals surface area contributed by atoms with Crippen molar-refractivity contribution in [3.05, 3.63) is 50.4 Å². The van der Waals surface area contributed by atoms with E-state index < -0.39 is 0 Å². The summed E-state index contributed by atoms with van der Waals surface area (Å²) in [6.45, 7) is 1.47. The first-order valence-electron chi connectivity index (χ1n) is 7.33. The minimum absolute atomic E-state index is 0.365. The lowest BCUT2D eigenvalue weighted by Gasteiger charge is -2.11. The van der Waals surface area contributed by atoms with Gasteiger partial charge >= 0.3 is 0 Å². The molecule has 0 amide bonds. The molecule has 0 radical (unpaired) electrons. The minimum Gasteiger partial charge on any atom is -0.497 e. The second-order valence-corrected chi connectivity index (χ2v) is 7.55. The zero-order valence-corrected chi connectivity index (χ0v) is 15.7. The number of ether oxygens (including phenoxy) is 1. The SMILES string of the molecule is COc1ccc(-c2nn(C[NH+](C)Cc3ccc(Cl)s3)c(=S)o2)cc1. The lowest BCUT2D eigenvalue weighted by Crippen LogP contribution is -3.06. The first-order chi connectivity index (χ1) is 11.5. The topological polar surface area (TPSA) is 44.6 Å². The molecule has 0 saturated heterocycles. The molecule has 1 unspecified atom stereocenters. The van der Waals surface area contributed by atoms with Gasteiger partial charge in [-0.05, 0) is 48.6 Å². The Kier molecular flexibility index (Phi) is 5.35. The summed E-state index contributed by atoms with van der Waals surface area (Å²) in [7, 11) is 3.71. The molecule has 0 aliphatic rings. The third kappa shape index (κ3) is 4.05. The second kappa shape index (κ2) is 7.48. The van der Waals surface area contributed by atoms with Crippen molar-refractivity contribution < 1.29 is 14.1 Å². The van der Waals surface area contributed by atoms with Crippen LogP contribution in [0.25, 0.3) is 11.5 Å². The van der Waals surface area contributed by atoms with Crippen molar-refractivity contribution in [1.29, 1.82) is 0 Å². The quantitative estimate of drug-likeness (QED) is 0.664. The van der Waals surface area contributed by atoms with E-state index >= 15 is 0 Å². The summed E-state index contributed by atoms with van der Waals surface area (Å²) in [5, 5.41) is 4.48. The number of methoxy groups -OCH3 is 1. The third-order valence-corrected chi connectivity index (χ3v) is 4.99. The highest BCUT2D eigenvalue weighted by Gasteiger charge is 2.13. The van der Waals surface area contributed by atoms with Crippen LogP contribution in [0.3, 0.4) is 0 Å². The highest BCUT2D eigenvalue weighted by Crippen LogP contribution is 2.21. The highest BCUT2D eigenvalue weighted by atomic mass is 35.5. The number of quaternary nitrogens is 1. The first kappa shape index (κ1) is 17.2. The Balaban J connectivity index is 1.72. The zero-order chi connectivity index (χ0) is 17.1. The molecular formula is C16H17ClN3O2S2+. The number of aromatic nitrogens is 2. The van der Waals surface area contributed by atoms with Crippen LogP contribution >= 0.6 is 35.2 Å². The van der Waals surface area contributed by atoms with Crippen LogP contribution in [0.4, 0.5) is 0 Å². The molecule has 2 heterocycles. The van der Waals surface area contributed by atoms with E-state index in [2.05, 4.69) is 12.1 Å². The van der Waals surface area contributed by atoms with Gasteiger partial charge in [-0.2, -0.15) is 4.68 Å². The van der Waals surface area contributed by atoms with Gasteiger partial charge in [0.2, 0.25) is 5.89 Å². The van der Waals surface area contributed by atoms with E-state index in [0.717, 1.165) is 22.2 Å². The molecule has 3 aromatic rings.